The quantitative estimate of drug-likeness (QED) is 0.875. The number of amides is 1. The van der Waals surface area contributed by atoms with E-state index in [1.54, 1.807) is 11.4 Å². The van der Waals surface area contributed by atoms with Gasteiger partial charge in [0.1, 0.15) is 11.4 Å². The second-order valence-electron chi connectivity index (χ2n) is 5.77. The van der Waals surface area contributed by atoms with Crippen LogP contribution in [-0.4, -0.2) is 32.6 Å². The van der Waals surface area contributed by atoms with Crippen LogP contribution in [0.3, 0.4) is 0 Å². The van der Waals surface area contributed by atoms with Gasteiger partial charge in [-0.15, -0.1) is 11.3 Å². The lowest BCUT2D eigenvalue weighted by Gasteiger charge is -2.26. The SMILES string of the molecule is O=C(Cn1cnc2sccc2c1=O)NC1CCC(C(=O)O)CC1. The van der Waals surface area contributed by atoms with E-state index in [1.807, 2.05) is 0 Å². The number of carbonyl (C=O) groups is 2. The molecule has 0 aromatic carbocycles. The third-order valence-corrected chi connectivity index (χ3v) is 5.03. The standard InChI is InChI=1S/C15H17N3O4S/c19-12(17-10-3-1-9(2-4-10)15(21)22)7-18-8-16-13-11(14(18)20)5-6-23-13/h5-6,8-10H,1-4,7H2,(H,17,19)(H,21,22). The summed E-state index contributed by atoms with van der Waals surface area (Å²) < 4.78 is 1.30. The predicted molar refractivity (Wildman–Crippen MR) is 85.4 cm³/mol. The van der Waals surface area contributed by atoms with Crippen molar-refractivity contribution in [3.63, 3.8) is 0 Å². The van der Waals surface area contributed by atoms with Crippen LogP contribution in [0, 0.1) is 5.92 Å². The molecule has 2 heterocycles. The Bertz CT molecular complexity index is 789. The molecule has 1 saturated carbocycles. The number of thiophene rings is 1. The summed E-state index contributed by atoms with van der Waals surface area (Å²) in [5.41, 5.74) is -0.221. The number of aliphatic carboxylic acids is 1. The second-order valence-corrected chi connectivity index (χ2v) is 6.67. The van der Waals surface area contributed by atoms with Crippen molar-refractivity contribution in [2.24, 2.45) is 5.92 Å². The van der Waals surface area contributed by atoms with E-state index in [1.165, 1.54) is 22.2 Å². The van der Waals surface area contributed by atoms with Crippen LogP contribution in [0.25, 0.3) is 10.2 Å². The number of rotatable bonds is 4. The van der Waals surface area contributed by atoms with Crippen molar-refractivity contribution in [2.75, 3.05) is 0 Å². The Balaban J connectivity index is 1.60. The molecule has 0 spiro atoms. The maximum Gasteiger partial charge on any atom is 0.306 e. The maximum atomic E-state index is 12.2. The molecule has 0 aliphatic heterocycles. The zero-order chi connectivity index (χ0) is 16.4. The van der Waals surface area contributed by atoms with Gasteiger partial charge in [-0.1, -0.05) is 0 Å². The number of nitrogens with one attached hydrogen (secondary N) is 1. The van der Waals surface area contributed by atoms with Crippen LogP contribution >= 0.6 is 11.3 Å². The fourth-order valence-electron chi connectivity index (χ4n) is 2.92. The lowest BCUT2D eigenvalue weighted by atomic mass is 9.86. The van der Waals surface area contributed by atoms with E-state index in [4.69, 9.17) is 5.11 Å². The van der Waals surface area contributed by atoms with Crippen LogP contribution < -0.4 is 10.9 Å². The Hall–Kier alpha value is -2.22. The van der Waals surface area contributed by atoms with Crippen LogP contribution in [0.2, 0.25) is 0 Å². The summed E-state index contributed by atoms with van der Waals surface area (Å²) >= 11 is 1.39. The van der Waals surface area contributed by atoms with Gasteiger partial charge in [0.2, 0.25) is 5.91 Å². The van der Waals surface area contributed by atoms with Gasteiger partial charge in [0.15, 0.2) is 0 Å². The summed E-state index contributed by atoms with van der Waals surface area (Å²) in [7, 11) is 0. The predicted octanol–water partition coefficient (Wildman–Crippen LogP) is 1.22. The van der Waals surface area contributed by atoms with Gasteiger partial charge >= 0.3 is 5.97 Å². The molecule has 1 aliphatic carbocycles. The third kappa shape index (κ3) is 3.42. The van der Waals surface area contributed by atoms with Crippen LogP contribution in [0.15, 0.2) is 22.6 Å². The first-order chi connectivity index (χ1) is 11.0. The number of nitrogens with zero attached hydrogens (tertiary/aromatic N) is 2. The lowest BCUT2D eigenvalue weighted by Crippen LogP contribution is -2.41. The van der Waals surface area contributed by atoms with Crippen molar-refractivity contribution >= 4 is 33.4 Å². The van der Waals surface area contributed by atoms with Gasteiger partial charge in [0.25, 0.3) is 5.56 Å². The molecule has 8 heteroatoms. The van der Waals surface area contributed by atoms with Gasteiger partial charge in [0.05, 0.1) is 17.6 Å². The van der Waals surface area contributed by atoms with Crippen molar-refractivity contribution < 1.29 is 14.7 Å². The van der Waals surface area contributed by atoms with Crippen molar-refractivity contribution in [1.29, 1.82) is 0 Å². The van der Waals surface area contributed by atoms with E-state index < -0.39 is 5.97 Å². The van der Waals surface area contributed by atoms with Crippen LogP contribution in [0.1, 0.15) is 25.7 Å². The Morgan fingerprint density at radius 3 is 2.78 bits per heavy atom. The van der Waals surface area contributed by atoms with Gasteiger partial charge in [-0.05, 0) is 37.1 Å². The van der Waals surface area contributed by atoms with Gasteiger partial charge < -0.3 is 10.4 Å². The average Bonchev–Trinajstić information content (AvgIpc) is 3.00. The molecule has 3 rings (SSSR count). The highest BCUT2D eigenvalue weighted by atomic mass is 32.1. The number of carbonyl (C=O) groups excluding carboxylic acids is 1. The van der Waals surface area contributed by atoms with E-state index in [-0.39, 0.29) is 30.0 Å². The summed E-state index contributed by atoms with van der Waals surface area (Å²) in [5.74, 6) is -1.32. The fourth-order valence-corrected chi connectivity index (χ4v) is 3.64. The Kier molecular flexibility index (Phi) is 4.42. The largest absolute Gasteiger partial charge is 0.481 e. The summed E-state index contributed by atoms with van der Waals surface area (Å²) in [6, 6.07) is 1.68. The first kappa shape index (κ1) is 15.7. The Morgan fingerprint density at radius 2 is 2.09 bits per heavy atom. The molecule has 0 atom stereocenters. The zero-order valence-electron chi connectivity index (χ0n) is 12.4. The van der Waals surface area contributed by atoms with E-state index in [9.17, 15) is 14.4 Å². The Labute approximate surface area is 136 Å². The lowest BCUT2D eigenvalue weighted by molar-refractivity contribution is -0.142. The molecule has 0 radical (unpaired) electrons. The molecule has 1 amide bonds. The summed E-state index contributed by atoms with van der Waals surface area (Å²) in [5, 5.41) is 14.2. The molecule has 2 aromatic rings. The molecule has 1 fully saturated rings. The van der Waals surface area contributed by atoms with Crippen LogP contribution in [-0.2, 0) is 16.1 Å². The molecule has 0 saturated heterocycles. The molecule has 0 unspecified atom stereocenters. The summed E-state index contributed by atoms with van der Waals surface area (Å²) in [6.07, 6.45) is 3.84. The third-order valence-electron chi connectivity index (χ3n) is 4.21. The fraction of sp³-hybridized carbons (Fsp3) is 0.467. The topological polar surface area (TPSA) is 101 Å². The van der Waals surface area contributed by atoms with E-state index in [0.29, 0.717) is 35.9 Å². The van der Waals surface area contributed by atoms with E-state index in [2.05, 4.69) is 10.3 Å². The average molecular weight is 335 g/mol. The highest BCUT2D eigenvalue weighted by Crippen LogP contribution is 2.24. The number of aromatic nitrogens is 2. The highest BCUT2D eigenvalue weighted by molar-refractivity contribution is 7.16. The molecule has 122 valence electrons. The van der Waals surface area contributed by atoms with Crippen molar-refractivity contribution in [3.05, 3.63) is 28.1 Å². The highest BCUT2D eigenvalue weighted by Gasteiger charge is 2.26. The number of carboxylic acid groups (broad SMARTS) is 1. The number of hydrogen-bond donors (Lipinski definition) is 2. The van der Waals surface area contributed by atoms with Crippen molar-refractivity contribution in [1.82, 2.24) is 14.9 Å². The molecule has 7 nitrogen and oxygen atoms in total. The van der Waals surface area contributed by atoms with Crippen molar-refractivity contribution in [2.45, 2.75) is 38.3 Å². The number of carboxylic acids is 1. The first-order valence-electron chi connectivity index (χ1n) is 7.49. The van der Waals surface area contributed by atoms with Gasteiger partial charge in [-0.3, -0.25) is 19.0 Å². The Morgan fingerprint density at radius 1 is 1.35 bits per heavy atom. The molecular formula is C15H17N3O4S. The van der Waals surface area contributed by atoms with Gasteiger partial charge in [-0.25, -0.2) is 4.98 Å². The monoisotopic (exact) mass is 335 g/mol. The summed E-state index contributed by atoms with van der Waals surface area (Å²) in [4.78, 5) is 40.1. The van der Waals surface area contributed by atoms with Gasteiger partial charge in [0, 0.05) is 6.04 Å². The first-order valence-corrected chi connectivity index (χ1v) is 8.37. The van der Waals surface area contributed by atoms with E-state index in [0.717, 1.165) is 0 Å². The normalized spacial score (nSPS) is 21.2. The summed E-state index contributed by atoms with van der Waals surface area (Å²) in [6.45, 7) is -0.0729. The van der Waals surface area contributed by atoms with Gasteiger partial charge in [-0.2, -0.15) is 0 Å². The minimum absolute atomic E-state index is 0.0216. The number of hydrogen-bond acceptors (Lipinski definition) is 5. The number of fused-ring (bicyclic) bond motifs is 1. The molecule has 0 bridgehead atoms. The van der Waals surface area contributed by atoms with Crippen LogP contribution in [0.4, 0.5) is 0 Å². The molecule has 1 aliphatic rings. The molecular weight excluding hydrogens is 318 g/mol. The molecule has 2 aromatic heterocycles. The molecule has 2 N–H and O–H groups in total. The van der Waals surface area contributed by atoms with Crippen LogP contribution in [0.5, 0.6) is 0 Å². The second kappa shape index (κ2) is 6.49. The minimum atomic E-state index is -0.767. The van der Waals surface area contributed by atoms with E-state index >= 15 is 0 Å². The van der Waals surface area contributed by atoms with Crippen molar-refractivity contribution in [3.8, 4) is 0 Å². The zero-order valence-corrected chi connectivity index (χ0v) is 13.2. The maximum absolute atomic E-state index is 12.2. The minimum Gasteiger partial charge on any atom is -0.481 e. The smallest absolute Gasteiger partial charge is 0.306 e. The molecule has 23 heavy (non-hydrogen) atoms.